The first-order chi connectivity index (χ1) is 11.1. The van der Waals surface area contributed by atoms with Gasteiger partial charge >= 0.3 is 0 Å². The van der Waals surface area contributed by atoms with Crippen LogP contribution in [0.2, 0.25) is 10.0 Å². The molecule has 122 valence electrons. The molecule has 0 saturated carbocycles. The Morgan fingerprint density at radius 3 is 2.78 bits per heavy atom. The van der Waals surface area contributed by atoms with Gasteiger partial charge < -0.3 is 15.0 Å². The minimum absolute atomic E-state index is 0.0631. The molecule has 2 aromatic rings. The van der Waals surface area contributed by atoms with Gasteiger partial charge in [0.15, 0.2) is 0 Å². The summed E-state index contributed by atoms with van der Waals surface area (Å²) in [6.07, 6.45) is -0.0631. The fraction of sp³-hybridized carbons (Fsp3) is 0.375. The van der Waals surface area contributed by atoms with Crippen LogP contribution in [0.4, 0.5) is 11.8 Å². The number of benzene rings is 1. The normalized spacial score (nSPS) is 18.1. The lowest BCUT2D eigenvalue weighted by Gasteiger charge is -2.34. The summed E-state index contributed by atoms with van der Waals surface area (Å²) in [7, 11) is 1.82. The van der Waals surface area contributed by atoms with Gasteiger partial charge in [0, 0.05) is 31.9 Å². The largest absolute Gasteiger partial charge is 0.370 e. The predicted molar refractivity (Wildman–Crippen MR) is 93.7 cm³/mol. The Bertz CT molecular complexity index is 710. The number of morpholine rings is 1. The molecule has 1 fully saturated rings. The van der Waals surface area contributed by atoms with Crippen LogP contribution < -0.4 is 10.2 Å². The summed E-state index contributed by atoms with van der Waals surface area (Å²) >= 11 is 12.1. The fourth-order valence-electron chi connectivity index (χ4n) is 2.60. The van der Waals surface area contributed by atoms with E-state index in [-0.39, 0.29) is 6.10 Å². The first-order valence-electron chi connectivity index (χ1n) is 7.42. The molecule has 23 heavy (non-hydrogen) atoms. The molecule has 0 aliphatic carbocycles. The lowest BCUT2D eigenvalue weighted by molar-refractivity contribution is 0.0395. The monoisotopic (exact) mass is 352 g/mol. The van der Waals surface area contributed by atoms with Crippen molar-refractivity contribution >= 4 is 35.0 Å². The van der Waals surface area contributed by atoms with E-state index in [4.69, 9.17) is 27.9 Å². The zero-order chi connectivity index (χ0) is 16.4. The Morgan fingerprint density at radius 2 is 2.04 bits per heavy atom. The molecular weight excluding hydrogens is 335 g/mol. The minimum atomic E-state index is -0.0631. The molecule has 1 unspecified atom stereocenters. The molecule has 3 rings (SSSR count). The number of ether oxygens (including phenoxy) is 1. The Labute approximate surface area is 145 Å². The van der Waals surface area contributed by atoms with Crippen molar-refractivity contribution in [2.45, 2.75) is 13.0 Å². The summed E-state index contributed by atoms with van der Waals surface area (Å²) in [5.41, 5.74) is 1.95. The van der Waals surface area contributed by atoms with E-state index in [9.17, 15) is 0 Å². The van der Waals surface area contributed by atoms with Crippen molar-refractivity contribution in [3.8, 4) is 0 Å². The molecule has 2 heterocycles. The Balaban J connectivity index is 1.83. The second kappa shape index (κ2) is 6.91. The Hall–Kier alpha value is -1.56. The van der Waals surface area contributed by atoms with Crippen LogP contribution in [0.25, 0.3) is 0 Å². The van der Waals surface area contributed by atoms with Gasteiger partial charge in [-0.2, -0.15) is 4.98 Å². The summed E-state index contributed by atoms with van der Waals surface area (Å²) in [6, 6.07) is 7.60. The number of aromatic nitrogens is 2. The van der Waals surface area contributed by atoms with E-state index < -0.39 is 0 Å². The van der Waals surface area contributed by atoms with Crippen molar-refractivity contribution in [3.05, 3.63) is 45.6 Å². The highest BCUT2D eigenvalue weighted by Gasteiger charge is 2.24. The van der Waals surface area contributed by atoms with E-state index in [1.165, 1.54) is 0 Å². The standard InChI is InChI=1S/C16H18Cl2N4O/c1-10-7-15(21-16(19-2)20-10)22-5-6-23-14(9-22)11-3-4-12(17)13(18)8-11/h3-4,7-8,14H,5-6,9H2,1-2H3,(H,19,20,21). The zero-order valence-electron chi connectivity index (χ0n) is 13.0. The van der Waals surface area contributed by atoms with Crippen LogP contribution in [-0.4, -0.2) is 36.7 Å². The molecule has 1 saturated heterocycles. The van der Waals surface area contributed by atoms with Crippen molar-refractivity contribution < 1.29 is 4.74 Å². The smallest absolute Gasteiger partial charge is 0.224 e. The average molecular weight is 353 g/mol. The third kappa shape index (κ3) is 3.68. The van der Waals surface area contributed by atoms with Gasteiger partial charge in [0.05, 0.1) is 16.7 Å². The molecule has 1 N–H and O–H groups in total. The van der Waals surface area contributed by atoms with Gasteiger partial charge in [-0.05, 0) is 24.6 Å². The highest BCUT2D eigenvalue weighted by atomic mass is 35.5. The summed E-state index contributed by atoms with van der Waals surface area (Å²) in [5.74, 6) is 1.52. The van der Waals surface area contributed by atoms with Crippen molar-refractivity contribution in [3.63, 3.8) is 0 Å². The minimum Gasteiger partial charge on any atom is -0.370 e. The first kappa shape index (κ1) is 16.3. The lowest BCUT2D eigenvalue weighted by atomic mass is 10.1. The molecule has 1 aromatic heterocycles. The number of hydrogen-bond donors (Lipinski definition) is 1. The number of halogens is 2. The molecule has 5 nitrogen and oxygen atoms in total. The zero-order valence-corrected chi connectivity index (χ0v) is 14.5. The maximum atomic E-state index is 6.12. The summed E-state index contributed by atoms with van der Waals surface area (Å²) in [5, 5.41) is 4.08. The predicted octanol–water partition coefficient (Wildman–Crippen LogP) is 3.71. The number of anilines is 2. The van der Waals surface area contributed by atoms with Crippen LogP contribution in [0.5, 0.6) is 0 Å². The quantitative estimate of drug-likeness (QED) is 0.912. The molecule has 1 aliphatic rings. The van der Waals surface area contributed by atoms with Gasteiger partial charge in [0.1, 0.15) is 11.9 Å². The SMILES string of the molecule is CNc1nc(C)cc(N2CCOC(c3ccc(Cl)c(Cl)c3)C2)n1. The highest BCUT2D eigenvalue weighted by Crippen LogP contribution is 2.30. The van der Waals surface area contributed by atoms with Gasteiger partial charge in [-0.1, -0.05) is 29.3 Å². The van der Waals surface area contributed by atoms with Crippen LogP contribution in [0, 0.1) is 6.92 Å². The summed E-state index contributed by atoms with van der Waals surface area (Å²) in [4.78, 5) is 11.1. The van der Waals surface area contributed by atoms with Crippen molar-refractivity contribution in [1.82, 2.24) is 9.97 Å². The van der Waals surface area contributed by atoms with Crippen molar-refractivity contribution in [1.29, 1.82) is 0 Å². The third-order valence-corrected chi connectivity index (χ3v) is 4.51. The van der Waals surface area contributed by atoms with E-state index in [1.54, 1.807) is 6.07 Å². The third-order valence-electron chi connectivity index (χ3n) is 3.77. The maximum absolute atomic E-state index is 6.12. The Kier molecular flexibility index (Phi) is 4.90. The first-order valence-corrected chi connectivity index (χ1v) is 8.17. The second-order valence-electron chi connectivity index (χ2n) is 5.42. The van der Waals surface area contributed by atoms with Crippen LogP contribution in [0.3, 0.4) is 0 Å². The molecule has 0 spiro atoms. The highest BCUT2D eigenvalue weighted by molar-refractivity contribution is 6.42. The molecular formula is C16H18Cl2N4O. The van der Waals surface area contributed by atoms with Crippen molar-refractivity contribution in [2.75, 3.05) is 37.0 Å². The molecule has 7 heteroatoms. The molecule has 1 atom stereocenters. The van der Waals surface area contributed by atoms with E-state index in [0.29, 0.717) is 29.1 Å². The molecule has 0 amide bonds. The lowest BCUT2D eigenvalue weighted by Crippen LogP contribution is -2.39. The van der Waals surface area contributed by atoms with E-state index in [1.807, 2.05) is 32.2 Å². The van der Waals surface area contributed by atoms with Crippen LogP contribution in [0.1, 0.15) is 17.4 Å². The van der Waals surface area contributed by atoms with E-state index in [0.717, 1.165) is 23.6 Å². The molecule has 1 aromatic carbocycles. The average Bonchev–Trinajstić information content (AvgIpc) is 2.57. The van der Waals surface area contributed by atoms with Gasteiger partial charge in [-0.15, -0.1) is 0 Å². The van der Waals surface area contributed by atoms with Crippen LogP contribution >= 0.6 is 23.2 Å². The Morgan fingerprint density at radius 1 is 1.22 bits per heavy atom. The molecule has 1 aliphatic heterocycles. The van der Waals surface area contributed by atoms with Gasteiger partial charge in [0.2, 0.25) is 5.95 Å². The van der Waals surface area contributed by atoms with Crippen LogP contribution in [-0.2, 0) is 4.74 Å². The maximum Gasteiger partial charge on any atom is 0.224 e. The summed E-state index contributed by atoms with van der Waals surface area (Å²) < 4.78 is 5.89. The second-order valence-corrected chi connectivity index (χ2v) is 6.23. The van der Waals surface area contributed by atoms with Gasteiger partial charge in [-0.25, -0.2) is 4.98 Å². The number of nitrogens with zero attached hydrogens (tertiary/aromatic N) is 3. The number of hydrogen-bond acceptors (Lipinski definition) is 5. The van der Waals surface area contributed by atoms with E-state index >= 15 is 0 Å². The van der Waals surface area contributed by atoms with Gasteiger partial charge in [0.25, 0.3) is 0 Å². The molecule has 0 bridgehead atoms. The number of rotatable bonds is 3. The fourth-order valence-corrected chi connectivity index (χ4v) is 2.90. The van der Waals surface area contributed by atoms with Gasteiger partial charge in [-0.3, -0.25) is 0 Å². The topological polar surface area (TPSA) is 50.3 Å². The number of nitrogens with one attached hydrogen (secondary N) is 1. The van der Waals surface area contributed by atoms with Crippen molar-refractivity contribution in [2.24, 2.45) is 0 Å². The molecule has 0 radical (unpaired) electrons. The van der Waals surface area contributed by atoms with Crippen LogP contribution in [0.15, 0.2) is 24.3 Å². The van der Waals surface area contributed by atoms with E-state index in [2.05, 4.69) is 20.2 Å². The number of aryl methyl sites for hydroxylation is 1. The summed E-state index contributed by atoms with van der Waals surface area (Å²) in [6.45, 7) is 4.08.